The van der Waals surface area contributed by atoms with Crippen LogP contribution in [0.2, 0.25) is 0 Å². The molecule has 1 amide bonds. The molecule has 210 valence electrons. The molecule has 0 saturated carbocycles. The average molecular weight is 559 g/mol. The molecule has 3 aliphatic rings. The Kier molecular flexibility index (Phi) is 8.47. The number of nitrogens with zero attached hydrogens (tertiary/aromatic N) is 4. The summed E-state index contributed by atoms with van der Waals surface area (Å²) in [5.41, 5.74) is 6.79. The van der Waals surface area contributed by atoms with Crippen LogP contribution in [0.4, 0.5) is 0 Å². The fourth-order valence-corrected chi connectivity index (χ4v) is 6.46. The summed E-state index contributed by atoms with van der Waals surface area (Å²) in [6.45, 7) is 12.3. The molecule has 0 N–H and O–H groups in total. The predicted molar refractivity (Wildman–Crippen MR) is 161 cm³/mol. The van der Waals surface area contributed by atoms with E-state index in [1.807, 2.05) is 17.2 Å². The van der Waals surface area contributed by atoms with E-state index in [1.165, 1.54) is 35.6 Å². The lowest BCUT2D eigenvalue weighted by molar-refractivity contribution is -0.136. The van der Waals surface area contributed by atoms with Crippen molar-refractivity contribution in [2.45, 2.75) is 52.6 Å². The Labute approximate surface area is 241 Å². The third-order valence-corrected chi connectivity index (χ3v) is 8.80. The molecule has 1 atom stereocenters. The number of rotatable bonds is 7. The Hall–Kier alpha value is -3.36. The van der Waals surface area contributed by atoms with Gasteiger partial charge in [-0.15, -0.1) is 0 Å². The summed E-state index contributed by atoms with van der Waals surface area (Å²) in [6, 6.07) is 16.6. The number of allylic oxidation sites excluding steroid dienone is 1. The SMILES string of the molecule is COC(=O)C1=C(C)N=C2SC=C(CC(=O)N3CCN(Cc4ccc(C)cc4)CC3)N2C1c1ccc(C(C)C)cc1. The highest BCUT2D eigenvalue weighted by Gasteiger charge is 2.41. The van der Waals surface area contributed by atoms with E-state index in [-0.39, 0.29) is 12.3 Å². The second-order valence-corrected chi connectivity index (χ2v) is 11.9. The summed E-state index contributed by atoms with van der Waals surface area (Å²) < 4.78 is 5.19. The number of esters is 1. The van der Waals surface area contributed by atoms with Crippen molar-refractivity contribution >= 4 is 28.8 Å². The van der Waals surface area contributed by atoms with Crippen molar-refractivity contribution in [2.24, 2.45) is 4.99 Å². The van der Waals surface area contributed by atoms with Crippen LogP contribution in [-0.4, -0.2) is 65.0 Å². The van der Waals surface area contributed by atoms with E-state index in [9.17, 15) is 9.59 Å². The van der Waals surface area contributed by atoms with E-state index in [2.05, 4.69) is 79.1 Å². The molecular weight excluding hydrogens is 520 g/mol. The van der Waals surface area contributed by atoms with Gasteiger partial charge in [0.25, 0.3) is 0 Å². The first-order valence-electron chi connectivity index (χ1n) is 13.9. The van der Waals surface area contributed by atoms with Crippen LogP contribution in [0, 0.1) is 6.92 Å². The number of benzene rings is 2. The Morgan fingerprint density at radius 1 is 1.00 bits per heavy atom. The number of amidine groups is 1. The van der Waals surface area contributed by atoms with Crippen LogP contribution in [0.15, 0.2) is 75.9 Å². The molecule has 5 rings (SSSR count). The van der Waals surface area contributed by atoms with Gasteiger partial charge < -0.3 is 14.5 Å². The predicted octanol–water partition coefficient (Wildman–Crippen LogP) is 5.60. The number of hydrogen-bond donors (Lipinski definition) is 0. The molecule has 40 heavy (non-hydrogen) atoms. The number of piperazine rings is 1. The highest BCUT2D eigenvalue weighted by molar-refractivity contribution is 8.16. The van der Waals surface area contributed by atoms with E-state index < -0.39 is 12.0 Å². The van der Waals surface area contributed by atoms with Crippen molar-refractivity contribution in [1.82, 2.24) is 14.7 Å². The molecule has 0 aliphatic carbocycles. The molecule has 1 fully saturated rings. The zero-order valence-corrected chi connectivity index (χ0v) is 24.8. The summed E-state index contributed by atoms with van der Waals surface area (Å²) in [6.07, 6.45) is 0.262. The highest BCUT2D eigenvalue weighted by Crippen LogP contribution is 2.45. The molecule has 2 aromatic carbocycles. The van der Waals surface area contributed by atoms with E-state index in [0.717, 1.165) is 36.1 Å². The largest absolute Gasteiger partial charge is 0.466 e. The van der Waals surface area contributed by atoms with Gasteiger partial charge in [0.1, 0.15) is 0 Å². The fraction of sp³-hybridized carbons (Fsp3) is 0.406. The summed E-state index contributed by atoms with van der Waals surface area (Å²) in [4.78, 5) is 37.7. The maximum Gasteiger partial charge on any atom is 0.338 e. The lowest BCUT2D eigenvalue weighted by Crippen LogP contribution is -2.48. The highest BCUT2D eigenvalue weighted by atomic mass is 32.2. The number of hydrogen-bond acceptors (Lipinski definition) is 7. The first kappa shape index (κ1) is 28.2. The normalized spacial score (nSPS) is 19.5. The van der Waals surface area contributed by atoms with Crippen molar-refractivity contribution in [3.05, 3.63) is 93.2 Å². The van der Waals surface area contributed by atoms with Crippen molar-refractivity contribution in [3.8, 4) is 0 Å². The number of amides is 1. The molecule has 1 saturated heterocycles. The second kappa shape index (κ2) is 12.0. The third kappa shape index (κ3) is 5.88. The van der Waals surface area contributed by atoms with E-state index >= 15 is 0 Å². The molecule has 2 aromatic rings. The smallest absolute Gasteiger partial charge is 0.338 e. The lowest BCUT2D eigenvalue weighted by atomic mass is 9.92. The number of aryl methyl sites for hydroxylation is 1. The van der Waals surface area contributed by atoms with E-state index in [4.69, 9.17) is 9.73 Å². The van der Waals surface area contributed by atoms with Gasteiger partial charge in [-0.1, -0.05) is 79.7 Å². The Balaban J connectivity index is 1.31. The Morgan fingerprint density at radius 3 is 2.30 bits per heavy atom. The van der Waals surface area contributed by atoms with Crippen LogP contribution in [-0.2, 0) is 20.9 Å². The van der Waals surface area contributed by atoms with Crippen LogP contribution in [0.3, 0.4) is 0 Å². The molecule has 1 unspecified atom stereocenters. The van der Waals surface area contributed by atoms with Gasteiger partial charge in [-0.3, -0.25) is 9.69 Å². The van der Waals surface area contributed by atoms with Gasteiger partial charge in [-0.2, -0.15) is 0 Å². The van der Waals surface area contributed by atoms with E-state index in [0.29, 0.717) is 30.3 Å². The molecule has 0 bridgehead atoms. The summed E-state index contributed by atoms with van der Waals surface area (Å²) in [5.74, 6) is 0.107. The minimum atomic E-state index is -0.401. The topological polar surface area (TPSA) is 65.5 Å². The minimum Gasteiger partial charge on any atom is -0.466 e. The summed E-state index contributed by atoms with van der Waals surface area (Å²) in [7, 11) is 1.40. The molecule has 3 heterocycles. The van der Waals surface area contributed by atoms with Crippen LogP contribution < -0.4 is 0 Å². The third-order valence-electron chi connectivity index (χ3n) is 7.91. The van der Waals surface area contributed by atoms with Gasteiger partial charge in [-0.05, 0) is 41.9 Å². The van der Waals surface area contributed by atoms with Crippen molar-refractivity contribution in [2.75, 3.05) is 33.3 Å². The lowest BCUT2D eigenvalue weighted by Gasteiger charge is -2.38. The van der Waals surface area contributed by atoms with Crippen LogP contribution in [0.5, 0.6) is 0 Å². The molecule has 3 aliphatic heterocycles. The molecule has 0 aromatic heterocycles. The summed E-state index contributed by atoms with van der Waals surface area (Å²) >= 11 is 1.51. The van der Waals surface area contributed by atoms with Crippen LogP contribution in [0.1, 0.15) is 61.4 Å². The standard InChI is InChI=1S/C32H38N4O3S/c1-21(2)25-10-12-26(13-11-25)30-29(31(38)39-5)23(4)33-32-36(30)27(20-40-32)18-28(37)35-16-14-34(15-17-35)19-24-8-6-22(3)7-9-24/h6-13,20-21,30H,14-19H2,1-5H3. The number of aliphatic imine (C=N–C) groups is 1. The first-order valence-corrected chi connectivity index (χ1v) is 14.8. The van der Waals surface area contributed by atoms with Gasteiger partial charge in [0, 0.05) is 38.4 Å². The molecule has 0 spiro atoms. The number of carbonyl (C=O) groups excluding carboxylic acids is 2. The van der Waals surface area contributed by atoms with Gasteiger partial charge in [-0.25, -0.2) is 9.79 Å². The van der Waals surface area contributed by atoms with Crippen LogP contribution in [0.25, 0.3) is 0 Å². The van der Waals surface area contributed by atoms with E-state index in [1.54, 1.807) is 0 Å². The molecule has 7 nitrogen and oxygen atoms in total. The maximum absolute atomic E-state index is 13.5. The summed E-state index contributed by atoms with van der Waals surface area (Å²) in [5, 5.41) is 2.79. The Bertz CT molecular complexity index is 1350. The zero-order valence-electron chi connectivity index (χ0n) is 24.0. The number of ether oxygens (including phenoxy) is 1. The molecule has 0 radical (unpaired) electrons. The zero-order chi connectivity index (χ0) is 28.4. The molecule has 8 heteroatoms. The van der Waals surface area contributed by atoms with Gasteiger partial charge in [0.15, 0.2) is 5.17 Å². The molecular formula is C32H38N4O3S. The van der Waals surface area contributed by atoms with Crippen molar-refractivity contribution < 1.29 is 14.3 Å². The van der Waals surface area contributed by atoms with Crippen molar-refractivity contribution in [1.29, 1.82) is 0 Å². The quantitative estimate of drug-likeness (QED) is 0.412. The van der Waals surface area contributed by atoms with Gasteiger partial charge in [0.2, 0.25) is 5.91 Å². The van der Waals surface area contributed by atoms with Crippen molar-refractivity contribution in [3.63, 3.8) is 0 Å². The van der Waals surface area contributed by atoms with Crippen LogP contribution >= 0.6 is 11.8 Å². The average Bonchev–Trinajstić information content (AvgIpc) is 3.35. The Morgan fingerprint density at radius 2 is 1.68 bits per heavy atom. The number of methoxy groups -OCH3 is 1. The van der Waals surface area contributed by atoms with Gasteiger partial charge in [0.05, 0.1) is 30.8 Å². The fourth-order valence-electron chi connectivity index (χ4n) is 5.49. The monoisotopic (exact) mass is 558 g/mol. The number of thioether (sulfide) groups is 1. The second-order valence-electron chi connectivity index (χ2n) is 11.0. The number of carbonyl (C=O) groups is 2. The maximum atomic E-state index is 13.5. The number of fused-ring (bicyclic) bond motifs is 1. The minimum absolute atomic E-state index is 0.0999. The van der Waals surface area contributed by atoms with Gasteiger partial charge >= 0.3 is 5.97 Å². The first-order chi connectivity index (χ1) is 19.2.